The minimum atomic E-state index is 0.112. The monoisotopic (exact) mass is 326 g/mol. The lowest BCUT2D eigenvalue weighted by molar-refractivity contribution is -0.131. The Hall–Kier alpha value is -2.56. The molecule has 24 heavy (non-hydrogen) atoms. The number of rotatable bonds is 5. The normalized spacial score (nSPS) is 16.9. The second kappa shape index (κ2) is 7.34. The van der Waals surface area contributed by atoms with Crippen molar-refractivity contribution in [2.75, 3.05) is 20.8 Å². The minimum Gasteiger partial charge on any atom is -0.497 e. The highest BCUT2D eigenvalue weighted by Gasteiger charge is 2.30. The number of nitrogens with zero attached hydrogens (tertiary/aromatic N) is 2. The van der Waals surface area contributed by atoms with E-state index in [2.05, 4.69) is 4.98 Å². The molecule has 126 valence electrons. The van der Waals surface area contributed by atoms with Crippen molar-refractivity contribution in [3.8, 4) is 11.5 Å². The van der Waals surface area contributed by atoms with Crippen molar-refractivity contribution >= 4 is 5.91 Å². The molecule has 5 nitrogen and oxygen atoms in total. The Kier molecular flexibility index (Phi) is 4.99. The Balaban J connectivity index is 1.79. The standard InChI is InChI=1S/C19H22N2O3/c1-23-16-5-6-18(24-2)15(12-16)13-19(22)21-11-3-4-17(21)14-7-9-20-10-8-14/h5-10,12,17H,3-4,11,13H2,1-2H3. The fourth-order valence-electron chi connectivity index (χ4n) is 3.28. The zero-order valence-electron chi connectivity index (χ0n) is 14.1. The number of pyridine rings is 1. The zero-order chi connectivity index (χ0) is 16.9. The van der Waals surface area contributed by atoms with Crippen molar-refractivity contribution in [3.63, 3.8) is 0 Å². The van der Waals surface area contributed by atoms with Crippen LogP contribution in [0.5, 0.6) is 11.5 Å². The molecule has 0 radical (unpaired) electrons. The highest BCUT2D eigenvalue weighted by Crippen LogP contribution is 2.33. The summed E-state index contributed by atoms with van der Waals surface area (Å²) in [5.74, 6) is 1.55. The largest absolute Gasteiger partial charge is 0.497 e. The molecule has 1 unspecified atom stereocenters. The van der Waals surface area contributed by atoms with E-state index < -0.39 is 0 Å². The number of hydrogen-bond donors (Lipinski definition) is 0. The Morgan fingerprint density at radius 1 is 1.21 bits per heavy atom. The van der Waals surface area contributed by atoms with Gasteiger partial charge >= 0.3 is 0 Å². The van der Waals surface area contributed by atoms with E-state index in [1.807, 2.05) is 35.2 Å². The number of methoxy groups -OCH3 is 2. The highest BCUT2D eigenvalue weighted by molar-refractivity contribution is 5.80. The van der Waals surface area contributed by atoms with Gasteiger partial charge in [0.1, 0.15) is 11.5 Å². The molecular formula is C19H22N2O3. The Morgan fingerprint density at radius 3 is 2.71 bits per heavy atom. The molecule has 2 heterocycles. The van der Waals surface area contributed by atoms with Gasteiger partial charge in [0.05, 0.1) is 26.7 Å². The van der Waals surface area contributed by atoms with Gasteiger partial charge in [0.25, 0.3) is 0 Å². The van der Waals surface area contributed by atoms with Gasteiger partial charge in [0.2, 0.25) is 5.91 Å². The molecule has 1 aromatic heterocycles. The molecule has 0 aliphatic carbocycles. The predicted molar refractivity (Wildman–Crippen MR) is 91.2 cm³/mol. The first-order valence-electron chi connectivity index (χ1n) is 8.13. The van der Waals surface area contributed by atoms with Crippen LogP contribution in [0.15, 0.2) is 42.7 Å². The van der Waals surface area contributed by atoms with Crippen molar-refractivity contribution in [1.29, 1.82) is 0 Å². The lowest BCUT2D eigenvalue weighted by Crippen LogP contribution is -2.32. The van der Waals surface area contributed by atoms with Crippen molar-refractivity contribution in [3.05, 3.63) is 53.9 Å². The van der Waals surface area contributed by atoms with E-state index in [0.29, 0.717) is 12.2 Å². The summed E-state index contributed by atoms with van der Waals surface area (Å²) in [6, 6.07) is 9.66. The third-order valence-corrected chi connectivity index (χ3v) is 4.49. The Bertz CT molecular complexity index is 703. The molecule has 1 aliphatic heterocycles. The molecule has 1 fully saturated rings. The third-order valence-electron chi connectivity index (χ3n) is 4.49. The van der Waals surface area contributed by atoms with Crippen molar-refractivity contribution in [1.82, 2.24) is 9.88 Å². The highest BCUT2D eigenvalue weighted by atomic mass is 16.5. The maximum Gasteiger partial charge on any atom is 0.227 e. The Labute approximate surface area is 142 Å². The fourth-order valence-corrected chi connectivity index (χ4v) is 3.28. The number of carbonyl (C=O) groups excluding carboxylic acids is 1. The second-order valence-corrected chi connectivity index (χ2v) is 5.88. The van der Waals surface area contributed by atoms with Crippen molar-refractivity contribution in [2.45, 2.75) is 25.3 Å². The number of hydrogen-bond acceptors (Lipinski definition) is 4. The van der Waals surface area contributed by atoms with Crippen LogP contribution < -0.4 is 9.47 Å². The molecule has 0 spiro atoms. The van der Waals surface area contributed by atoms with E-state index in [9.17, 15) is 4.79 Å². The summed E-state index contributed by atoms with van der Waals surface area (Å²) in [5, 5.41) is 0. The van der Waals surface area contributed by atoms with Crippen LogP contribution in [0.25, 0.3) is 0 Å². The van der Waals surface area contributed by atoms with Crippen molar-refractivity contribution < 1.29 is 14.3 Å². The molecule has 0 N–H and O–H groups in total. The average Bonchev–Trinajstić information content (AvgIpc) is 3.12. The third kappa shape index (κ3) is 3.35. The molecule has 1 aromatic carbocycles. The molecule has 0 saturated carbocycles. The van der Waals surface area contributed by atoms with Gasteiger partial charge in [-0.15, -0.1) is 0 Å². The van der Waals surface area contributed by atoms with Crippen LogP contribution in [-0.4, -0.2) is 36.6 Å². The van der Waals surface area contributed by atoms with Gasteiger partial charge in [-0.05, 0) is 48.7 Å². The summed E-state index contributed by atoms with van der Waals surface area (Å²) in [6.07, 6.45) is 5.88. The fraction of sp³-hybridized carbons (Fsp3) is 0.368. The van der Waals surface area contributed by atoms with Crippen LogP contribution in [-0.2, 0) is 11.2 Å². The predicted octanol–water partition coefficient (Wildman–Crippen LogP) is 3.01. The SMILES string of the molecule is COc1ccc(OC)c(CC(=O)N2CCCC2c2ccncc2)c1. The van der Waals surface area contributed by atoms with E-state index in [4.69, 9.17) is 9.47 Å². The minimum absolute atomic E-state index is 0.112. The van der Waals surface area contributed by atoms with Gasteiger partial charge in [-0.3, -0.25) is 9.78 Å². The lowest BCUT2D eigenvalue weighted by atomic mass is 10.0. The van der Waals surface area contributed by atoms with Gasteiger partial charge in [0.15, 0.2) is 0 Å². The molecule has 5 heteroatoms. The van der Waals surface area contributed by atoms with Crippen LogP contribution in [0.1, 0.15) is 30.0 Å². The lowest BCUT2D eigenvalue weighted by Gasteiger charge is -2.25. The summed E-state index contributed by atoms with van der Waals surface area (Å²) >= 11 is 0. The van der Waals surface area contributed by atoms with Gasteiger partial charge in [-0.25, -0.2) is 0 Å². The summed E-state index contributed by atoms with van der Waals surface area (Å²) in [5.41, 5.74) is 2.00. The number of carbonyl (C=O) groups is 1. The average molecular weight is 326 g/mol. The number of likely N-dealkylation sites (tertiary alicyclic amines) is 1. The summed E-state index contributed by atoms with van der Waals surface area (Å²) in [7, 11) is 3.23. The van der Waals surface area contributed by atoms with Gasteiger partial charge in [-0.2, -0.15) is 0 Å². The molecular weight excluding hydrogens is 304 g/mol. The summed E-state index contributed by atoms with van der Waals surface area (Å²) < 4.78 is 10.6. The first-order valence-corrected chi connectivity index (χ1v) is 8.13. The molecule has 2 aromatic rings. The van der Waals surface area contributed by atoms with E-state index in [1.54, 1.807) is 26.6 Å². The first kappa shape index (κ1) is 16.3. The van der Waals surface area contributed by atoms with Crippen LogP contribution in [0.2, 0.25) is 0 Å². The summed E-state index contributed by atoms with van der Waals surface area (Å²) in [6.45, 7) is 0.790. The quantitative estimate of drug-likeness (QED) is 0.847. The number of benzene rings is 1. The van der Waals surface area contributed by atoms with Crippen LogP contribution in [0, 0.1) is 0 Å². The second-order valence-electron chi connectivity index (χ2n) is 5.88. The molecule has 1 aliphatic rings. The molecule has 1 amide bonds. The van der Waals surface area contributed by atoms with E-state index in [0.717, 1.165) is 36.3 Å². The van der Waals surface area contributed by atoms with Crippen LogP contribution in [0.3, 0.4) is 0 Å². The molecule has 0 bridgehead atoms. The number of amides is 1. The van der Waals surface area contributed by atoms with Gasteiger partial charge < -0.3 is 14.4 Å². The smallest absolute Gasteiger partial charge is 0.227 e. The van der Waals surface area contributed by atoms with E-state index in [1.165, 1.54) is 0 Å². The van der Waals surface area contributed by atoms with E-state index in [-0.39, 0.29) is 11.9 Å². The van der Waals surface area contributed by atoms with Gasteiger partial charge in [-0.1, -0.05) is 0 Å². The number of aromatic nitrogens is 1. The first-order chi connectivity index (χ1) is 11.7. The molecule has 1 atom stereocenters. The summed E-state index contributed by atoms with van der Waals surface area (Å²) in [4.78, 5) is 18.9. The molecule has 3 rings (SSSR count). The van der Waals surface area contributed by atoms with Crippen molar-refractivity contribution in [2.24, 2.45) is 0 Å². The number of ether oxygens (including phenoxy) is 2. The Morgan fingerprint density at radius 2 is 2.00 bits per heavy atom. The van der Waals surface area contributed by atoms with Gasteiger partial charge in [0, 0.05) is 24.5 Å². The zero-order valence-corrected chi connectivity index (χ0v) is 14.1. The topological polar surface area (TPSA) is 51.7 Å². The van der Waals surface area contributed by atoms with Crippen LogP contribution in [0.4, 0.5) is 0 Å². The van der Waals surface area contributed by atoms with Crippen LogP contribution >= 0.6 is 0 Å². The van der Waals surface area contributed by atoms with E-state index >= 15 is 0 Å². The maximum atomic E-state index is 12.9. The maximum absolute atomic E-state index is 12.9. The molecule has 1 saturated heterocycles.